The van der Waals surface area contributed by atoms with Crippen LogP contribution in [0.25, 0.3) is 66.8 Å². The molecule has 0 atom stereocenters. The zero-order chi connectivity index (χ0) is 43.1. The van der Waals surface area contributed by atoms with Gasteiger partial charge in [-0.1, -0.05) is 218 Å². The summed E-state index contributed by atoms with van der Waals surface area (Å²) in [6.07, 6.45) is 0. The average Bonchev–Trinajstić information content (AvgIpc) is 3.37. The standard InChI is InChI=1S/C60H42O4/c61-51-40-41-55(62-52-37-19-34-48(42-22-7-1-8-23-42)56(52)45-28-13-4-14-29-45)60(64-54-39-21-36-50(44-26-11-3-12-27-44)58(54)47-32-17-6-18-33-47)59(51)63-53-38-20-35-49(43-24-9-2-10-25-43)57(53)46-30-15-5-16-31-46/h1-41,61H. The molecule has 4 heteroatoms. The maximum absolute atomic E-state index is 12.1. The van der Waals surface area contributed by atoms with Crippen molar-refractivity contribution in [1.82, 2.24) is 0 Å². The molecule has 10 rings (SSSR count). The quantitative estimate of drug-likeness (QED) is 0.133. The third kappa shape index (κ3) is 8.12. The Morgan fingerprint density at radius 2 is 0.516 bits per heavy atom. The zero-order valence-corrected chi connectivity index (χ0v) is 34.8. The van der Waals surface area contributed by atoms with Gasteiger partial charge >= 0.3 is 0 Å². The molecular weight excluding hydrogens is 785 g/mol. The predicted molar refractivity (Wildman–Crippen MR) is 260 cm³/mol. The first-order valence-corrected chi connectivity index (χ1v) is 21.3. The third-order valence-electron chi connectivity index (χ3n) is 11.2. The molecule has 0 radical (unpaired) electrons. The van der Waals surface area contributed by atoms with Crippen LogP contribution in [0.3, 0.4) is 0 Å². The van der Waals surface area contributed by atoms with Crippen molar-refractivity contribution in [2.75, 3.05) is 0 Å². The molecule has 0 unspecified atom stereocenters. The highest BCUT2D eigenvalue weighted by atomic mass is 16.5. The number of phenolic OH excluding ortho intramolecular Hbond substituents is 1. The smallest absolute Gasteiger partial charge is 0.216 e. The van der Waals surface area contributed by atoms with Gasteiger partial charge in [-0.25, -0.2) is 0 Å². The van der Waals surface area contributed by atoms with E-state index >= 15 is 0 Å². The molecule has 0 amide bonds. The monoisotopic (exact) mass is 826 g/mol. The summed E-state index contributed by atoms with van der Waals surface area (Å²) in [5.41, 5.74) is 11.6. The van der Waals surface area contributed by atoms with Crippen molar-refractivity contribution >= 4 is 0 Å². The van der Waals surface area contributed by atoms with Crippen molar-refractivity contribution < 1.29 is 19.3 Å². The molecule has 64 heavy (non-hydrogen) atoms. The summed E-state index contributed by atoms with van der Waals surface area (Å²) in [5, 5.41) is 12.1. The molecule has 0 heterocycles. The Labute approximate surface area is 373 Å². The fraction of sp³-hybridized carbons (Fsp3) is 0. The van der Waals surface area contributed by atoms with Crippen molar-refractivity contribution in [1.29, 1.82) is 0 Å². The highest BCUT2D eigenvalue weighted by Crippen LogP contribution is 2.54. The van der Waals surface area contributed by atoms with E-state index in [1.165, 1.54) is 0 Å². The number of benzene rings is 10. The van der Waals surface area contributed by atoms with E-state index in [4.69, 9.17) is 14.2 Å². The van der Waals surface area contributed by atoms with E-state index < -0.39 is 0 Å². The Kier molecular flexibility index (Phi) is 11.2. The molecule has 0 spiro atoms. The fourth-order valence-corrected chi connectivity index (χ4v) is 8.28. The zero-order valence-electron chi connectivity index (χ0n) is 34.8. The summed E-state index contributed by atoms with van der Waals surface area (Å²) in [7, 11) is 0. The SMILES string of the molecule is Oc1ccc(Oc2cccc(-c3ccccc3)c2-c2ccccc2)c(Oc2cccc(-c3ccccc3)c2-c2ccccc2)c1Oc1cccc(-c2ccccc2)c1-c1ccccc1. The Bertz CT molecular complexity index is 3150. The summed E-state index contributed by atoms with van der Waals surface area (Å²) in [5.74, 6) is 2.22. The van der Waals surface area contributed by atoms with E-state index in [-0.39, 0.29) is 17.2 Å². The van der Waals surface area contributed by atoms with E-state index in [1.54, 1.807) is 12.1 Å². The van der Waals surface area contributed by atoms with Crippen LogP contribution in [0.2, 0.25) is 0 Å². The van der Waals surface area contributed by atoms with Gasteiger partial charge in [-0.15, -0.1) is 0 Å². The van der Waals surface area contributed by atoms with E-state index in [0.717, 1.165) is 66.8 Å². The van der Waals surface area contributed by atoms with Crippen LogP contribution in [-0.2, 0) is 0 Å². The number of ether oxygens (including phenoxy) is 3. The fourth-order valence-electron chi connectivity index (χ4n) is 8.28. The first-order chi connectivity index (χ1) is 31.7. The number of aromatic hydroxyl groups is 1. The Morgan fingerprint density at radius 3 is 0.859 bits per heavy atom. The molecule has 10 aromatic carbocycles. The van der Waals surface area contributed by atoms with Crippen LogP contribution in [0, 0.1) is 0 Å². The predicted octanol–water partition coefficient (Wildman–Crippen LogP) is 16.8. The maximum atomic E-state index is 12.1. The molecule has 0 saturated heterocycles. The topological polar surface area (TPSA) is 47.9 Å². The first-order valence-electron chi connectivity index (χ1n) is 21.3. The average molecular weight is 827 g/mol. The molecule has 0 aliphatic carbocycles. The van der Waals surface area contributed by atoms with E-state index in [2.05, 4.69) is 91.0 Å². The van der Waals surface area contributed by atoms with Gasteiger partial charge in [0.25, 0.3) is 0 Å². The Morgan fingerprint density at radius 1 is 0.219 bits per heavy atom. The van der Waals surface area contributed by atoms with Crippen molar-refractivity contribution in [3.05, 3.63) is 249 Å². The van der Waals surface area contributed by atoms with Crippen LogP contribution in [0.4, 0.5) is 0 Å². The van der Waals surface area contributed by atoms with Gasteiger partial charge < -0.3 is 19.3 Å². The molecule has 306 valence electrons. The molecular formula is C60H42O4. The van der Waals surface area contributed by atoms with Gasteiger partial charge in [0.05, 0.1) is 0 Å². The molecule has 0 aliphatic rings. The lowest BCUT2D eigenvalue weighted by Crippen LogP contribution is -1.99. The lowest BCUT2D eigenvalue weighted by Gasteiger charge is -2.23. The van der Waals surface area contributed by atoms with E-state index in [9.17, 15) is 5.11 Å². The molecule has 0 fully saturated rings. The van der Waals surface area contributed by atoms with E-state index in [1.807, 2.05) is 146 Å². The van der Waals surface area contributed by atoms with E-state index in [0.29, 0.717) is 23.0 Å². The second-order valence-electron chi connectivity index (χ2n) is 15.3. The Balaban J connectivity index is 1.20. The van der Waals surface area contributed by atoms with Crippen molar-refractivity contribution in [2.24, 2.45) is 0 Å². The highest BCUT2D eigenvalue weighted by Gasteiger charge is 2.26. The lowest BCUT2D eigenvalue weighted by molar-refractivity contribution is 0.364. The van der Waals surface area contributed by atoms with Crippen LogP contribution in [-0.4, -0.2) is 5.11 Å². The van der Waals surface area contributed by atoms with Crippen LogP contribution in [0.5, 0.6) is 40.2 Å². The summed E-state index contributed by atoms with van der Waals surface area (Å²) in [4.78, 5) is 0. The van der Waals surface area contributed by atoms with Gasteiger partial charge in [0.1, 0.15) is 17.2 Å². The summed E-state index contributed by atoms with van der Waals surface area (Å²) < 4.78 is 21.4. The molecule has 0 bridgehead atoms. The van der Waals surface area contributed by atoms with Crippen molar-refractivity contribution in [2.45, 2.75) is 0 Å². The van der Waals surface area contributed by atoms with Gasteiger partial charge in [-0.05, 0) is 80.4 Å². The van der Waals surface area contributed by atoms with Crippen LogP contribution in [0.1, 0.15) is 0 Å². The van der Waals surface area contributed by atoms with Gasteiger partial charge in [0, 0.05) is 16.7 Å². The number of phenols is 1. The molecule has 0 saturated carbocycles. The van der Waals surface area contributed by atoms with Gasteiger partial charge in [-0.3, -0.25) is 0 Å². The van der Waals surface area contributed by atoms with Crippen LogP contribution < -0.4 is 14.2 Å². The Hall–Kier alpha value is -8.60. The van der Waals surface area contributed by atoms with Gasteiger partial charge in [0.15, 0.2) is 11.5 Å². The van der Waals surface area contributed by atoms with Gasteiger partial charge in [0.2, 0.25) is 11.5 Å². The summed E-state index contributed by atoms with van der Waals surface area (Å²) in [6, 6.07) is 82.9. The minimum atomic E-state index is -0.117. The summed E-state index contributed by atoms with van der Waals surface area (Å²) >= 11 is 0. The highest BCUT2D eigenvalue weighted by molar-refractivity contribution is 5.91. The molecule has 1 N–H and O–H groups in total. The third-order valence-corrected chi connectivity index (χ3v) is 11.2. The second-order valence-corrected chi connectivity index (χ2v) is 15.3. The molecule has 0 aromatic heterocycles. The second kappa shape index (κ2) is 18.2. The van der Waals surface area contributed by atoms with Crippen LogP contribution >= 0.6 is 0 Å². The molecule has 0 aliphatic heterocycles. The minimum absolute atomic E-state index is 0.101. The number of rotatable bonds is 12. The van der Waals surface area contributed by atoms with Gasteiger partial charge in [-0.2, -0.15) is 0 Å². The normalized spacial score (nSPS) is 10.9. The minimum Gasteiger partial charge on any atom is -0.504 e. The molecule has 10 aromatic rings. The number of hydrogen-bond acceptors (Lipinski definition) is 4. The summed E-state index contributed by atoms with van der Waals surface area (Å²) in [6.45, 7) is 0. The maximum Gasteiger partial charge on any atom is 0.216 e. The number of hydrogen-bond donors (Lipinski definition) is 1. The largest absolute Gasteiger partial charge is 0.504 e. The van der Waals surface area contributed by atoms with Crippen LogP contribution in [0.15, 0.2) is 249 Å². The van der Waals surface area contributed by atoms with Crippen molar-refractivity contribution in [3.8, 4) is 107 Å². The van der Waals surface area contributed by atoms with Crippen molar-refractivity contribution in [3.63, 3.8) is 0 Å². The molecule has 4 nitrogen and oxygen atoms in total. The lowest BCUT2D eigenvalue weighted by atomic mass is 9.93. The first kappa shape index (κ1) is 39.5.